The van der Waals surface area contributed by atoms with E-state index in [1.54, 1.807) is 0 Å². The summed E-state index contributed by atoms with van der Waals surface area (Å²) in [4.78, 5) is 31.5. The molecule has 148 valence electrons. The molecule has 0 heterocycles. The molecule has 1 amide bonds. The lowest BCUT2D eigenvalue weighted by Crippen LogP contribution is -2.41. The molecule has 0 aromatic heterocycles. The summed E-state index contributed by atoms with van der Waals surface area (Å²) >= 11 is 0. The lowest BCUT2D eigenvalue weighted by Gasteiger charge is -2.22. The van der Waals surface area contributed by atoms with Gasteiger partial charge < -0.3 is 35.4 Å². The second-order valence-electron chi connectivity index (χ2n) is 5.31. The second-order valence-corrected chi connectivity index (χ2v) is 6.76. The van der Waals surface area contributed by atoms with Crippen LogP contribution in [0.1, 0.15) is 26.2 Å². The molecule has 0 aliphatic carbocycles. The van der Waals surface area contributed by atoms with Crippen molar-refractivity contribution in [2.24, 2.45) is 0 Å². The predicted octanol–water partition coefficient (Wildman–Crippen LogP) is -1.93. The number of hydrogen-bond donors (Lipinski definition) is 6. The maximum atomic E-state index is 11.5. The molecule has 0 fully saturated rings. The van der Waals surface area contributed by atoms with E-state index in [0.29, 0.717) is 12.8 Å². The molecule has 25 heavy (non-hydrogen) atoms. The SMILES string of the molecule is CC(=O)CCCC(=O)NCCOP(=O)(O)OC[C@H](O)[C@H](O)[C@H](O)CO. The van der Waals surface area contributed by atoms with Gasteiger partial charge in [-0.2, -0.15) is 0 Å². The van der Waals surface area contributed by atoms with Gasteiger partial charge in [0.05, 0.1) is 19.8 Å². The number of nitrogens with one attached hydrogen (secondary N) is 1. The number of Topliss-reactive ketones (excluding diaryl/α,β-unsaturated/α-hetero) is 1. The first-order valence-corrected chi connectivity index (χ1v) is 9.11. The van der Waals surface area contributed by atoms with Crippen LogP contribution >= 0.6 is 7.82 Å². The van der Waals surface area contributed by atoms with Crippen molar-refractivity contribution in [2.45, 2.75) is 44.5 Å². The van der Waals surface area contributed by atoms with Gasteiger partial charge in [0.2, 0.25) is 5.91 Å². The number of hydrogen-bond acceptors (Lipinski definition) is 9. The molecule has 0 saturated carbocycles. The zero-order valence-electron chi connectivity index (χ0n) is 13.9. The van der Waals surface area contributed by atoms with E-state index in [9.17, 15) is 29.3 Å². The van der Waals surface area contributed by atoms with Crippen LogP contribution in [-0.2, 0) is 23.2 Å². The number of carbonyl (C=O) groups excluding carboxylic acids is 2. The molecule has 0 bridgehead atoms. The number of amides is 1. The maximum absolute atomic E-state index is 11.5. The van der Waals surface area contributed by atoms with Gasteiger partial charge in [-0.3, -0.25) is 13.8 Å². The van der Waals surface area contributed by atoms with Crippen LogP contribution in [0.15, 0.2) is 0 Å². The zero-order valence-corrected chi connectivity index (χ0v) is 14.8. The van der Waals surface area contributed by atoms with Crippen LogP contribution in [0.5, 0.6) is 0 Å². The number of phosphoric ester groups is 1. The van der Waals surface area contributed by atoms with Crippen molar-refractivity contribution in [1.29, 1.82) is 0 Å². The van der Waals surface area contributed by atoms with Gasteiger partial charge in [-0.25, -0.2) is 4.57 Å². The Hall–Kier alpha value is -0.910. The van der Waals surface area contributed by atoms with E-state index in [1.165, 1.54) is 6.92 Å². The minimum Gasteiger partial charge on any atom is -0.394 e. The van der Waals surface area contributed by atoms with Gasteiger partial charge in [0.25, 0.3) is 0 Å². The molecule has 0 aliphatic heterocycles. The Labute approximate surface area is 145 Å². The van der Waals surface area contributed by atoms with Crippen molar-refractivity contribution >= 4 is 19.5 Å². The number of carbonyl (C=O) groups is 2. The van der Waals surface area contributed by atoms with Crippen molar-refractivity contribution in [2.75, 3.05) is 26.4 Å². The number of ketones is 1. The summed E-state index contributed by atoms with van der Waals surface area (Å²) in [6, 6.07) is 0. The summed E-state index contributed by atoms with van der Waals surface area (Å²) in [5.74, 6) is -0.358. The van der Waals surface area contributed by atoms with Crippen molar-refractivity contribution in [1.82, 2.24) is 5.32 Å². The highest BCUT2D eigenvalue weighted by atomic mass is 31.2. The topological polar surface area (TPSA) is 183 Å². The van der Waals surface area contributed by atoms with Gasteiger partial charge in [-0.1, -0.05) is 0 Å². The van der Waals surface area contributed by atoms with Crippen molar-refractivity contribution < 1.29 is 48.5 Å². The molecule has 1 unspecified atom stereocenters. The van der Waals surface area contributed by atoms with Crippen LogP contribution in [0.3, 0.4) is 0 Å². The lowest BCUT2D eigenvalue weighted by atomic mass is 10.1. The highest BCUT2D eigenvalue weighted by molar-refractivity contribution is 7.47. The highest BCUT2D eigenvalue weighted by Gasteiger charge is 2.28. The Morgan fingerprint density at radius 3 is 2.32 bits per heavy atom. The number of rotatable bonds is 14. The standard InChI is InChI=1S/C13H26NO10P/c1-9(16)3-2-4-12(19)14-5-6-23-25(21,22)24-8-11(18)13(20)10(17)7-15/h10-11,13,15,17-18,20H,2-8H2,1H3,(H,14,19)(H,21,22)/t10-,11+,13-/m1/s1. The van der Waals surface area contributed by atoms with Gasteiger partial charge in [-0.05, 0) is 13.3 Å². The van der Waals surface area contributed by atoms with Crippen molar-refractivity contribution in [3.8, 4) is 0 Å². The van der Waals surface area contributed by atoms with Crippen LogP contribution in [0.4, 0.5) is 0 Å². The number of phosphoric acid groups is 1. The minimum absolute atomic E-state index is 0.0201. The molecule has 0 spiro atoms. The van der Waals surface area contributed by atoms with Crippen LogP contribution < -0.4 is 5.32 Å². The smallest absolute Gasteiger partial charge is 0.394 e. The number of aliphatic hydroxyl groups is 4. The molecule has 12 heteroatoms. The van der Waals surface area contributed by atoms with E-state index in [0.717, 1.165) is 0 Å². The average molecular weight is 387 g/mol. The summed E-state index contributed by atoms with van der Waals surface area (Å²) < 4.78 is 20.5. The normalized spacial score (nSPS) is 17.4. The maximum Gasteiger partial charge on any atom is 0.472 e. The van der Waals surface area contributed by atoms with E-state index >= 15 is 0 Å². The molecule has 0 aromatic rings. The Morgan fingerprint density at radius 2 is 1.76 bits per heavy atom. The summed E-state index contributed by atoms with van der Waals surface area (Å²) in [6.45, 7) is -0.614. The zero-order chi connectivity index (χ0) is 19.5. The largest absolute Gasteiger partial charge is 0.472 e. The van der Waals surface area contributed by atoms with Crippen LogP contribution in [0.25, 0.3) is 0 Å². The van der Waals surface area contributed by atoms with Crippen molar-refractivity contribution in [3.63, 3.8) is 0 Å². The minimum atomic E-state index is -4.53. The van der Waals surface area contributed by atoms with Crippen LogP contribution in [0.2, 0.25) is 0 Å². The van der Waals surface area contributed by atoms with Gasteiger partial charge >= 0.3 is 7.82 Å². The fourth-order valence-corrected chi connectivity index (χ4v) is 2.35. The van der Waals surface area contributed by atoms with E-state index in [-0.39, 0.29) is 31.3 Å². The first-order valence-electron chi connectivity index (χ1n) is 7.62. The van der Waals surface area contributed by atoms with Gasteiger partial charge in [-0.15, -0.1) is 0 Å². The van der Waals surface area contributed by atoms with Crippen LogP contribution in [-0.4, -0.2) is 81.7 Å². The van der Waals surface area contributed by atoms with E-state index in [1.807, 2.05) is 0 Å². The van der Waals surface area contributed by atoms with Gasteiger partial charge in [0.15, 0.2) is 0 Å². The third-order valence-corrected chi connectivity index (χ3v) is 3.98. The van der Waals surface area contributed by atoms with E-state index < -0.39 is 39.3 Å². The Balaban J connectivity index is 3.95. The van der Waals surface area contributed by atoms with Gasteiger partial charge in [0, 0.05) is 19.4 Å². The molecule has 11 nitrogen and oxygen atoms in total. The Bertz CT molecular complexity index is 460. The first kappa shape index (κ1) is 24.1. The van der Waals surface area contributed by atoms with Gasteiger partial charge in [0.1, 0.15) is 24.1 Å². The molecule has 0 saturated heterocycles. The summed E-state index contributed by atoms with van der Waals surface area (Å²) in [5, 5.41) is 38.9. The third-order valence-electron chi connectivity index (χ3n) is 3.00. The number of aliphatic hydroxyl groups excluding tert-OH is 4. The molecule has 4 atom stereocenters. The van der Waals surface area contributed by atoms with Crippen molar-refractivity contribution in [3.05, 3.63) is 0 Å². The second kappa shape index (κ2) is 12.4. The first-order chi connectivity index (χ1) is 11.6. The fourth-order valence-electron chi connectivity index (χ4n) is 1.61. The average Bonchev–Trinajstić information content (AvgIpc) is 2.55. The molecule has 0 radical (unpaired) electrons. The molecule has 0 rings (SSSR count). The molecule has 0 aliphatic rings. The summed E-state index contributed by atoms with van der Waals surface area (Å²) in [5.41, 5.74) is 0. The monoisotopic (exact) mass is 387 g/mol. The Kier molecular flexibility index (Phi) is 12.0. The Morgan fingerprint density at radius 1 is 1.12 bits per heavy atom. The molecule has 6 N–H and O–H groups in total. The fraction of sp³-hybridized carbons (Fsp3) is 0.846. The predicted molar refractivity (Wildman–Crippen MR) is 84.4 cm³/mol. The van der Waals surface area contributed by atoms with E-state index in [2.05, 4.69) is 14.4 Å². The quantitative estimate of drug-likeness (QED) is 0.145. The molecular weight excluding hydrogens is 361 g/mol. The highest BCUT2D eigenvalue weighted by Crippen LogP contribution is 2.43. The van der Waals surface area contributed by atoms with E-state index in [4.69, 9.17) is 10.2 Å². The van der Waals surface area contributed by atoms with Crippen LogP contribution in [0, 0.1) is 0 Å². The third kappa shape index (κ3) is 12.1. The summed E-state index contributed by atoms with van der Waals surface area (Å²) in [7, 11) is -4.53. The summed E-state index contributed by atoms with van der Waals surface area (Å²) in [6.07, 6.45) is -4.27. The molecule has 0 aromatic carbocycles. The lowest BCUT2D eigenvalue weighted by molar-refractivity contribution is -0.121. The molecular formula is C13H26NO10P.